The third kappa shape index (κ3) is 17.9. The Kier molecular flexibility index (Phi) is 28.3. The van der Waals surface area contributed by atoms with Crippen LogP contribution in [0.1, 0.15) is 192 Å². The largest absolute Gasteiger partial charge is 0.477 e. The van der Waals surface area contributed by atoms with Crippen molar-refractivity contribution in [3.63, 3.8) is 0 Å². The number of hydrogen-bond donors (Lipinski definition) is 10. The number of nitrogens with two attached hydrogens (primary N) is 2. The zero-order valence-electron chi connectivity index (χ0n) is 70.4. The fourth-order valence-electron chi connectivity index (χ4n) is 22.3. The number of fused-ring (bicyclic) bond motifs is 4. The molecule has 650 valence electrons. The van der Waals surface area contributed by atoms with Gasteiger partial charge < -0.3 is 71.9 Å². The molecule has 12 aliphatic heterocycles. The molecule has 4 aliphatic carbocycles. The number of amides is 4. The minimum Gasteiger partial charge on any atom is -0.477 e. The van der Waals surface area contributed by atoms with Crippen LogP contribution in [0.2, 0.25) is 0 Å². The van der Waals surface area contributed by atoms with Crippen molar-refractivity contribution in [3.05, 3.63) is 42.4 Å². The van der Waals surface area contributed by atoms with Crippen molar-refractivity contribution in [2.45, 2.75) is 286 Å². The van der Waals surface area contributed by atoms with Crippen LogP contribution < -0.4 is 11.5 Å². The first-order chi connectivity index (χ1) is 55.5. The van der Waals surface area contributed by atoms with Gasteiger partial charge in [0.2, 0.25) is 23.6 Å². The van der Waals surface area contributed by atoms with Crippen molar-refractivity contribution in [1.82, 2.24) is 39.2 Å². The summed E-state index contributed by atoms with van der Waals surface area (Å²) in [4.78, 5) is 125. The van der Waals surface area contributed by atoms with Crippen LogP contribution in [-0.2, 0) is 38.4 Å². The first-order valence-corrected chi connectivity index (χ1v) is 47.1. The van der Waals surface area contributed by atoms with Crippen LogP contribution in [0, 0.1) is 71.0 Å². The standard InChI is InChI=1S/2C22H34N4O4S.C21H32N2O4S.C20H30N2O4S/c2*1-11-18-17(12(2)27)21(28)26(18)19(22(29)30)20(11)31-16-9-25(10-16)15-6-4-14(5-7-15)8-24-13(3)23;1-4-13-5-7-14(8-6-13)22-9-15(10-22)28-19-11(2)17-16(12(3)24)20(25)23(17)18(19)21(26)27;1-10-4-6-13(7-5-10)21-8-14(9-21)27-18-11(2)16-15(12(3)23)19(24)22(16)17(18)20(25)26/h2*11-12,14-18,27H,4-10H2,1-3H3,(H2,23,24)(H,29,30);11-17,24H,4-10H2,1-3H3,(H,26,27);10-16,23H,4-9H2,1-3H3,(H,25,26)/t2*11-,12-,14?,15?,17-,18-;11-,12-,13?,14?,16-,17-;10?,11-,12-,13?,15-,16-/m1111/s1. The van der Waals surface area contributed by atoms with Gasteiger partial charge in [-0.2, -0.15) is 0 Å². The second kappa shape index (κ2) is 37.0. The van der Waals surface area contributed by atoms with Crippen molar-refractivity contribution in [3.8, 4) is 0 Å². The second-order valence-corrected chi connectivity index (χ2v) is 42.5. The summed E-state index contributed by atoms with van der Waals surface area (Å²) in [5, 5.41) is 80.3. The number of aliphatic carboxylic acids is 4. The molecule has 0 aromatic heterocycles. The van der Waals surface area contributed by atoms with Gasteiger partial charge in [0.15, 0.2) is 0 Å². The van der Waals surface area contributed by atoms with E-state index in [1.165, 1.54) is 129 Å². The molecule has 8 saturated heterocycles. The van der Waals surface area contributed by atoms with Crippen LogP contribution in [0.25, 0.3) is 0 Å². The van der Waals surface area contributed by atoms with Gasteiger partial charge >= 0.3 is 23.9 Å². The molecule has 4 amide bonds. The molecule has 16 rings (SSSR count). The molecular weight excluding hydrogens is 1570 g/mol. The molecule has 0 spiro atoms. The predicted octanol–water partition coefficient (Wildman–Crippen LogP) is 7.65. The van der Waals surface area contributed by atoms with Crippen molar-refractivity contribution in [1.29, 1.82) is 0 Å². The number of carbonyl (C=O) groups excluding carboxylic acids is 4. The number of aliphatic hydroxyl groups is 4. The molecule has 4 saturated carbocycles. The van der Waals surface area contributed by atoms with E-state index in [0.29, 0.717) is 68.7 Å². The first-order valence-electron chi connectivity index (χ1n) is 43.6. The topological polar surface area (TPSA) is 401 Å². The normalized spacial score (nSPS) is 36.7. The predicted molar refractivity (Wildman–Crippen MR) is 454 cm³/mol. The van der Waals surface area contributed by atoms with Gasteiger partial charge in [-0.25, -0.2) is 19.2 Å². The highest BCUT2D eigenvalue weighted by atomic mass is 32.2. The van der Waals surface area contributed by atoms with E-state index >= 15 is 0 Å². The molecule has 0 radical (unpaired) electrons. The highest BCUT2D eigenvalue weighted by Gasteiger charge is 2.65. The number of amidine groups is 2. The molecule has 0 unspecified atom stereocenters. The lowest BCUT2D eigenvalue weighted by molar-refractivity contribution is -0.163. The van der Waals surface area contributed by atoms with Crippen molar-refractivity contribution in [2.75, 3.05) is 65.4 Å². The van der Waals surface area contributed by atoms with Gasteiger partial charge in [0.05, 0.1) is 83.9 Å². The monoisotopic (exact) mass is 1700 g/mol. The average molecular weight is 1700 g/mol. The Hall–Kier alpha value is -5.26. The second-order valence-electron chi connectivity index (χ2n) is 37.2. The number of hydrogen-bond acceptors (Lipinski definition) is 22. The van der Waals surface area contributed by atoms with Crippen LogP contribution in [0.4, 0.5) is 0 Å². The van der Waals surface area contributed by atoms with E-state index < -0.39 is 72.0 Å². The van der Waals surface area contributed by atoms with E-state index in [-0.39, 0.29) is 94.3 Å². The maximum Gasteiger partial charge on any atom is 0.353 e. The Morgan fingerprint density at radius 1 is 0.368 bits per heavy atom. The molecule has 0 aromatic rings. The lowest BCUT2D eigenvalue weighted by Crippen LogP contribution is -2.63. The Morgan fingerprint density at radius 2 is 0.573 bits per heavy atom. The summed E-state index contributed by atoms with van der Waals surface area (Å²) in [6.07, 6.45) is 18.2. The number of carboxylic acid groups (broad SMARTS) is 4. The summed E-state index contributed by atoms with van der Waals surface area (Å²) < 4.78 is 0. The van der Waals surface area contributed by atoms with Gasteiger partial charge in [0, 0.05) is 154 Å². The molecule has 0 bridgehead atoms. The zero-order chi connectivity index (χ0) is 84.5. The number of carboxylic acids is 4. The van der Waals surface area contributed by atoms with E-state index in [1.807, 2.05) is 41.5 Å². The summed E-state index contributed by atoms with van der Waals surface area (Å²) in [7, 11) is 0. The molecule has 0 aromatic carbocycles. The lowest BCUT2D eigenvalue weighted by Gasteiger charge is -2.47. The van der Waals surface area contributed by atoms with Crippen LogP contribution in [-0.4, -0.2) is 298 Å². The number of thioether (sulfide) groups is 4. The zero-order valence-corrected chi connectivity index (χ0v) is 73.6. The molecule has 16 aliphatic rings. The highest BCUT2D eigenvalue weighted by Crippen LogP contribution is 2.57. The summed E-state index contributed by atoms with van der Waals surface area (Å²) >= 11 is 6.57. The number of aliphatic imine (C=N–C) groups is 2. The van der Waals surface area contributed by atoms with Gasteiger partial charge in [-0.05, 0) is 168 Å². The van der Waals surface area contributed by atoms with E-state index in [9.17, 15) is 79.2 Å². The molecule has 12 heterocycles. The Morgan fingerprint density at radius 3 is 0.761 bits per heavy atom. The van der Waals surface area contributed by atoms with E-state index in [4.69, 9.17) is 11.5 Å². The van der Waals surface area contributed by atoms with Gasteiger partial charge in [-0.1, -0.05) is 48.0 Å². The van der Waals surface area contributed by atoms with Crippen molar-refractivity contribution < 1.29 is 79.2 Å². The summed E-state index contributed by atoms with van der Waals surface area (Å²) in [6, 6.07) is 1.71. The van der Waals surface area contributed by atoms with Gasteiger partial charge in [0.25, 0.3) is 0 Å². The van der Waals surface area contributed by atoms with E-state index in [0.717, 1.165) is 96.9 Å². The SMILES string of the molecule is CC(N)=NCC1CCC(N2CC(SC3=C(C(=O)O)N4C(=O)[C@H]([C@@H](C)O)[C@H]4[C@H]3C)C2)CC1.CC(N)=NCC1CCC(N2CC(SC3=C(C(=O)O)N4C(=O)[C@H]([C@@H](C)O)[C@H]4[C@H]3C)C2)CC1.CC1CCC(N2CC(SC3=C(C(=O)O)N4C(=O)[C@H]([C@@H](C)O)[C@H]4[C@H]3C)C2)CC1.CCC1CCC(N2CC(SC3=C(C(=O)O)N4C(=O)[C@H]([C@@H](C)O)[C@H]4[C@H]3C)C2)CC1. The number of aliphatic hydroxyl groups excluding tert-OH is 4. The molecule has 117 heavy (non-hydrogen) atoms. The van der Waals surface area contributed by atoms with Gasteiger partial charge in [-0.15, -0.1) is 47.0 Å². The third-order valence-electron chi connectivity index (χ3n) is 29.2. The maximum absolute atomic E-state index is 12.5. The summed E-state index contributed by atoms with van der Waals surface area (Å²) in [6.45, 7) is 32.3. The molecule has 28 nitrogen and oxygen atoms in total. The number of likely N-dealkylation sites (tertiary alicyclic amines) is 4. The minimum atomic E-state index is -1.04. The van der Waals surface area contributed by atoms with E-state index in [2.05, 4.69) is 43.4 Å². The van der Waals surface area contributed by atoms with Crippen molar-refractivity contribution in [2.24, 2.45) is 92.5 Å². The number of rotatable bonds is 25. The molecule has 16 atom stereocenters. The third-order valence-corrected chi connectivity index (χ3v) is 35.0. The Balaban J connectivity index is 0.000000136. The molecule has 12 N–H and O–H groups in total. The van der Waals surface area contributed by atoms with Crippen molar-refractivity contribution >= 4 is 106 Å². The van der Waals surface area contributed by atoms with Gasteiger partial charge in [0.1, 0.15) is 22.8 Å². The highest BCUT2D eigenvalue weighted by molar-refractivity contribution is 8.04. The molecule has 32 heteroatoms. The Bertz CT molecular complexity index is 3790. The van der Waals surface area contributed by atoms with Crippen LogP contribution >= 0.6 is 47.0 Å². The smallest absolute Gasteiger partial charge is 0.353 e. The number of β-lactam (4-membered cyclic amide) rings is 4. The summed E-state index contributed by atoms with van der Waals surface area (Å²) in [5.74, 6) is -2.93. The fraction of sp³-hybridized carbons (Fsp3) is 0.788. The van der Waals surface area contributed by atoms with E-state index in [1.54, 1.807) is 74.7 Å². The minimum absolute atomic E-state index is 0.0250. The summed E-state index contributed by atoms with van der Waals surface area (Å²) in [5.41, 5.74) is 11.9. The number of carbonyl (C=O) groups is 8. The molecule has 12 fully saturated rings. The fourth-order valence-corrected chi connectivity index (χ4v) is 28.4. The quantitative estimate of drug-likeness (QED) is 0.0238. The first kappa shape index (κ1) is 89.5. The lowest BCUT2D eigenvalue weighted by atomic mass is 9.79. The maximum atomic E-state index is 12.5. The van der Waals surface area contributed by atoms with Gasteiger partial charge in [-0.3, -0.25) is 48.8 Å². The van der Waals surface area contributed by atoms with Crippen LogP contribution in [0.3, 0.4) is 0 Å². The van der Waals surface area contributed by atoms with Crippen LogP contribution in [0.15, 0.2) is 52.4 Å². The Labute approximate surface area is 706 Å². The molecular formula is C85H130N12O16S4. The number of nitrogens with zero attached hydrogens (tertiary/aromatic N) is 10. The van der Waals surface area contributed by atoms with Crippen LogP contribution in [0.5, 0.6) is 0 Å². The average Bonchev–Trinajstić information content (AvgIpc) is 1.57.